The topological polar surface area (TPSA) is 73.6 Å². The molecule has 0 fully saturated rings. The molecule has 1 heterocycles. The lowest BCUT2D eigenvalue weighted by Crippen LogP contribution is -2.37. The van der Waals surface area contributed by atoms with Crippen LogP contribution in [-0.2, 0) is 11.3 Å². The number of carbonyl (C=O) groups excluding carboxylic acids is 1. The maximum absolute atomic E-state index is 11.4. The zero-order chi connectivity index (χ0) is 13.1. The van der Waals surface area contributed by atoms with Gasteiger partial charge in [0.15, 0.2) is 11.5 Å². The van der Waals surface area contributed by atoms with Crippen LogP contribution in [0.1, 0.15) is 12.5 Å². The average molecular weight is 271 g/mol. The van der Waals surface area contributed by atoms with Crippen molar-refractivity contribution in [1.29, 1.82) is 0 Å². The molecular formula is C12H15ClN2O3. The molecule has 98 valence electrons. The lowest BCUT2D eigenvalue weighted by Gasteiger charge is -2.20. The van der Waals surface area contributed by atoms with Crippen molar-refractivity contribution in [3.05, 3.63) is 22.7 Å². The van der Waals surface area contributed by atoms with Gasteiger partial charge in [-0.1, -0.05) is 11.6 Å². The van der Waals surface area contributed by atoms with Crippen LogP contribution in [-0.4, -0.2) is 25.2 Å². The Balaban J connectivity index is 2.10. The number of hydrogen-bond donors (Lipinski definition) is 2. The smallest absolute Gasteiger partial charge is 0.236 e. The number of ether oxygens (including phenoxy) is 2. The van der Waals surface area contributed by atoms with E-state index in [1.54, 1.807) is 13.0 Å². The molecule has 0 saturated carbocycles. The number of nitrogens with one attached hydrogen (secondary N) is 1. The van der Waals surface area contributed by atoms with Gasteiger partial charge in [0.05, 0.1) is 11.1 Å². The van der Waals surface area contributed by atoms with Crippen LogP contribution < -0.4 is 20.5 Å². The first-order chi connectivity index (χ1) is 8.58. The Morgan fingerprint density at radius 3 is 2.94 bits per heavy atom. The first kappa shape index (κ1) is 13.0. The molecule has 0 bridgehead atoms. The Morgan fingerprint density at radius 1 is 1.50 bits per heavy atom. The zero-order valence-electron chi connectivity index (χ0n) is 10.0. The highest BCUT2D eigenvalue weighted by Crippen LogP contribution is 2.38. The normalized spacial score (nSPS) is 15.1. The molecule has 0 unspecified atom stereocenters. The number of halogens is 1. The molecule has 0 aliphatic carbocycles. The van der Waals surface area contributed by atoms with Crippen molar-refractivity contribution in [2.45, 2.75) is 19.5 Å². The van der Waals surface area contributed by atoms with Crippen LogP contribution in [0.15, 0.2) is 12.1 Å². The molecule has 18 heavy (non-hydrogen) atoms. The second kappa shape index (κ2) is 5.46. The van der Waals surface area contributed by atoms with Crippen LogP contribution >= 0.6 is 11.6 Å². The Morgan fingerprint density at radius 2 is 2.22 bits per heavy atom. The van der Waals surface area contributed by atoms with Crippen molar-refractivity contribution in [2.24, 2.45) is 5.73 Å². The summed E-state index contributed by atoms with van der Waals surface area (Å²) in [6.07, 6.45) is 0. The van der Waals surface area contributed by atoms with Gasteiger partial charge in [0, 0.05) is 6.54 Å². The van der Waals surface area contributed by atoms with E-state index in [9.17, 15) is 4.79 Å². The van der Waals surface area contributed by atoms with E-state index in [1.165, 1.54) is 0 Å². The van der Waals surface area contributed by atoms with Gasteiger partial charge >= 0.3 is 0 Å². The van der Waals surface area contributed by atoms with Gasteiger partial charge in [0.25, 0.3) is 0 Å². The van der Waals surface area contributed by atoms with Gasteiger partial charge in [0.1, 0.15) is 13.2 Å². The Labute approximate surface area is 110 Å². The highest BCUT2D eigenvalue weighted by atomic mass is 35.5. The predicted molar refractivity (Wildman–Crippen MR) is 67.9 cm³/mol. The maximum atomic E-state index is 11.4. The molecule has 5 nitrogen and oxygen atoms in total. The molecule has 6 heteroatoms. The Bertz CT molecular complexity index is 463. The molecule has 1 aromatic rings. The van der Waals surface area contributed by atoms with Crippen LogP contribution in [0.5, 0.6) is 11.5 Å². The summed E-state index contributed by atoms with van der Waals surface area (Å²) in [7, 11) is 0. The summed E-state index contributed by atoms with van der Waals surface area (Å²) >= 11 is 6.08. The van der Waals surface area contributed by atoms with Crippen molar-refractivity contribution in [3.63, 3.8) is 0 Å². The highest BCUT2D eigenvalue weighted by Gasteiger charge is 2.17. The summed E-state index contributed by atoms with van der Waals surface area (Å²) in [6.45, 7) is 2.98. The van der Waals surface area contributed by atoms with E-state index in [0.717, 1.165) is 5.56 Å². The van der Waals surface area contributed by atoms with E-state index in [-0.39, 0.29) is 5.91 Å². The lowest BCUT2D eigenvalue weighted by molar-refractivity contribution is -0.122. The first-order valence-electron chi connectivity index (χ1n) is 5.69. The van der Waals surface area contributed by atoms with Crippen LogP contribution in [0.4, 0.5) is 0 Å². The maximum Gasteiger partial charge on any atom is 0.236 e. The summed E-state index contributed by atoms with van der Waals surface area (Å²) in [5, 5.41) is 3.20. The van der Waals surface area contributed by atoms with E-state index < -0.39 is 6.04 Å². The van der Waals surface area contributed by atoms with E-state index in [4.69, 9.17) is 26.8 Å². The minimum atomic E-state index is -0.530. The van der Waals surface area contributed by atoms with Gasteiger partial charge in [-0.05, 0) is 24.6 Å². The Kier molecular flexibility index (Phi) is 3.93. The summed E-state index contributed by atoms with van der Waals surface area (Å²) in [5.74, 6) is 0.963. The molecule has 1 aliphatic rings. The summed E-state index contributed by atoms with van der Waals surface area (Å²) in [4.78, 5) is 11.4. The van der Waals surface area contributed by atoms with Crippen LogP contribution in [0, 0.1) is 0 Å². The summed E-state index contributed by atoms with van der Waals surface area (Å²) < 4.78 is 10.9. The second-order valence-electron chi connectivity index (χ2n) is 4.11. The number of amides is 1. The molecule has 0 saturated heterocycles. The van der Waals surface area contributed by atoms with Gasteiger partial charge in [-0.15, -0.1) is 0 Å². The third-order valence-electron chi connectivity index (χ3n) is 2.54. The highest BCUT2D eigenvalue weighted by molar-refractivity contribution is 6.32. The lowest BCUT2D eigenvalue weighted by atomic mass is 10.2. The second-order valence-corrected chi connectivity index (χ2v) is 4.52. The quantitative estimate of drug-likeness (QED) is 0.862. The molecule has 1 aliphatic heterocycles. The van der Waals surface area contributed by atoms with Gasteiger partial charge in [0.2, 0.25) is 5.91 Å². The van der Waals surface area contributed by atoms with E-state index in [1.807, 2.05) is 6.07 Å². The van der Waals surface area contributed by atoms with Crippen molar-refractivity contribution >= 4 is 17.5 Å². The largest absolute Gasteiger partial charge is 0.486 e. The fourth-order valence-electron chi connectivity index (χ4n) is 1.62. The molecule has 2 rings (SSSR count). The van der Waals surface area contributed by atoms with Crippen molar-refractivity contribution in [3.8, 4) is 11.5 Å². The first-order valence-corrected chi connectivity index (χ1v) is 6.07. The molecule has 1 aromatic carbocycles. The zero-order valence-corrected chi connectivity index (χ0v) is 10.8. The standard InChI is InChI=1S/C12H15ClN2O3/c1-7(14)12(16)15-6-8-4-9(13)11-10(5-8)17-2-3-18-11/h4-5,7H,2-3,6,14H2,1H3,(H,15,16)/t7-/m0/s1. The SMILES string of the molecule is C[C@H](N)C(=O)NCc1cc(Cl)c2c(c1)OCCO2. The third kappa shape index (κ3) is 2.86. The molecule has 0 spiro atoms. The fraction of sp³-hybridized carbons (Fsp3) is 0.417. The molecular weight excluding hydrogens is 256 g/mol. The van der Waals surface area contributed by atoms with Crippen LogP contribution in [0.2, 0.25) is 5.02 Å². The number of rotatable bonds is 3. The minimum Gasteiger partial charge on any atom is -0.486 e. The fourth-order valence-corrected chi connectivity index (χ4v) is 1.90. The number of fused-ring (bicyclic) bond motifs is 1. The van der Waals surface area contributed by atoms with Gasteiger partial charge < -0.3 is 20.5 Å². The molecule has 3 N–H and O–H groups in total. The minimum absolute atomic E-state index is 0.207. The average Bonchev–Trinajstić information content (AvgIpc) is 2.36. The van der Waals surface area contributed by atoms with Crippen LogP contribution in [0.3, 0.4) is 0 Å². The van der Waals surface area contributed by atoms with E-state index in [2.05, 4.69) is 5.32 Å². The summed E-state index contributed by atoms with van der Waals surface area (Å²) in [5.41, 5.74) is 6.30. The number of nitrogens with two attached hydrogens (primary N) is 1. The Hall–Kier alpha value is -1.46. The van der Waals surface area contributed by atoms with Crippen molar-refractivity contribution in [2.75, 3.05) is 13.2 Å². The van der Waals surface area contributed by atoms with E-state index in [0.29, 0.717) is 36.3 Å². The number of carbonyl (C=O) groups is 1. The van der Waals surface area contributed by atoms with Gasteiger partial charge in [-0.25, -0.2) is 0 Å². The summed E-state index contributed by atoms with van der Waals surface area (Å²) in [6, 6.07) is 3.02. The molecule has 1 atom stereocenters. The monoisotopic (exact) mass is 270 g/mol. The van der Waals surface area contributed by atoms with Crippen LogP contribution in [0.25, 0.3) is 0 Å². The molecule has 0 aromatic heterocycles. The number of benzene rings is 1. The van der Waals surface area contributed by atoms with Gasteiger partial charge in [-0.2, -0.15) is 0 Å². The van der Waals surface area contributed by atoms with Gasteiger partial charge in [-0.3, -0.25) is 4.79 Å². The van der Waals surface area contributed by atoms with Crippen molar-refractivity contribution < 1.29 is 14.3 Å². The van der Waals surface area contributed by atoms with Crippen molar-refractivity contribution in [1.82, 2.24) is 5.32 Å². The number of hydrogen-bond acceptors (Lipinski definition) is 4. The molecule has 0 radical (unpaired) electrons. The predicted octanol–water partition coefficient (Wildman–Crippen LogP) is 1.07. The molecule has 1 amide bonds. The van der Waals surface area contributed by atoms with E-state index >= 15 is 0 Å². The third-order valence-corrected chi connectivity index (χ3v) is 2.82.